The summed E-state index contributed by atoms with van der Waals surface area (Å²) in [6.07, 6.45) is 12.2. The van der Waals surface area contributed by atoms with Crippen LogP contribution in [0.3, 0.4) is 0 Å². The molecule has 2 aromatic heterocycles. The van der Waals surface area contributed by atoms with Gasteiger partial charge < -0.3 is 4.42 Å². The molecular weight excluding hydrogens is 560 g/mol. The fourth-order valence-electron chi connectivity index (χ4n) is 7.85. The van der Waals surface area contributed by atoms with Gasteiger partial charge >= 0.3 is 0 Å². The van der Waals surface area contributed by atoms with Crippen molar-refractivity contribution in [1.29, 1.82) is 0 Å². The van der Waals surface area contributed by atoms with Crippen molar-refractivity contribution in [3.05, 3.63) is 64.6 Å². The van der Waals surface area contributed by atoms with Crippen LogP contribution in [0.25, 0.3) is 49.8 Å². The highest BCUT2D eigenvalue weighted by molar-refractivity contribution is 6.72. The van der Waals surface area contributed by atoms with E-state index in [1.165, 1.54) is 81.8 Å². The second-order valence-electron chi connectivity index (χ2n) is 14.0. The number of rotatable bonds is 5. The van der Waals surface area contributed by atoms with E-state index in [4.69, 9.17) is 15.8 Å². The van der Waals surface area contributed by atoms with Crippen LogP contribution < -0.4 is 49.2 Å². The fourth-order valence-corrected chi connectivity index (χ4v) is 7.85. The lowest BCUT2D eigenvalue weighted by atomic mass is 9.58. The van der Waals surface area contributed by atoms with Gasteiger partial charge in [-0.3, -0.25) is 4.98 Å². The summed E-state index contributed by atoms with van der Waals surface area (Å²) in [5.41, 5.74) is 19.9. The number of aromatic nitrogens is 1. The molecule has 220 valence electrons. The normalized spacial score (nSPS) is 11.8. The Morgan fingerprint density at radius 2 is 1.34 bits per heavy atom. The lowest BCUT2D eigenvalue weighted by Gasteiger charge is -2.26. The molecule has 0 atom stereocenters. The highest BCUT2D eigenvalue weighted by Gasteiger charge is 2.25. The van der Waals surface area contributed by atoms with Crippen molar-refractivity contribution < 1.29 is 4.42 Å². The summed E-state index contributed by atoms with van der Waals surface area (Å²) in [6, 6.07) is 8.67. The van der Waals surface area contributed by atoms with Crippen LogP contribution in [0.15, 0.2) is 41.0 Å². The Balaban J connectivity index is 1.74. The molecule has 0 amide bonds. The second-order valence-corrected chi connectivity index (χ2v) is 14.0. The summed E-state index contributed by atoms with van der Waals surface area (Å²) in [7, 11) is 20.6. The number of hydrogen-bond donors (Lipinski definition) is 0. The molecule has 0 saturated carbocycles. The number of benzene rings is 4. The van der Waals surface area contributed by atoms with Gasteiger partial charge in [-0.1, -0.05) is 59.2 Å². The first-order valence-electron chi connectivity index (χ1n) is 16.8. The number of furan rings is 1. The maximum atomic E-state index is 7.04. The zero-order valence-corrected chi connectivity index (χ0v) is 30.3. The Bertz CT molecular complexity index is 2380. The Hall–Kier alpha value is -4.03. The second kappa shape index (κ2) is 12.2. The first-order chi connectivity index (χ1) is 22.3. The molecule has 2 nitrogen and oxygen atoms in total. The SMILES string of the molecule is Bc1c(B)c(B)c2c(c1B)c(B)c(Cc1oc3c(-c4cc(C(C)C)ccn4)c(C)ccc3c1/C=C\C#C)c1c(B)c(B)c(B)c(B)c12. The van der Waals surface area contributed by atoms with Crippen LogP contribution in [0.1, 0.15) is 47.8 Å². The zero-order chi connectivity index (χ0) is 34.1. The predicted molar refractivity (Wildman–Crippen MR) is 234 cm³/mol. The van der Waals surface area contributed by atoms with Gasteiger partial charge in [-0.2, -0.15) is 0 Å². The van der Waals surface area contributed by atoms with E-state index in [1.54, 1.807) is 6.08 Å². The summed E-state index contributed by atoms with van der Waals surface area (Å²) in [5.74, 6) is 4.05. The molecule has 0 spiro atoms. The Kier molecular flexibility index (Phi) is 8.55. The van der Waals surface area contributed by atoms with E-state index in [9.17, 15) is 0 Å². The lowest BCUT2D eigenvalue weighted by Crippen LogP contribution is -2.52. The topological polar surface area (TPSA) is 26.0 Å². The molecule has 0 aliphatic carbocycles. The Morgan fingerprint density at radius 1 is 0.766 bits per heavy atom. The van der Waals surface area contributed by atoms with Gasteiger partial charge in [0.2, 0.25) is 0 Å². The summed E-state index contributed by atoms with van der Waals surface area (Å²) in [5, 5.41) is 6.58. The van der Waals surface area contributed by atoms with E-state index < -0.39 is 0 Å². The molecule has 6 rings (SSSR count). The molecule has 11 heteroatoms. The van der Waals surface area contributed by atoms with Crippen molar-refractivity contribution in [1.82, 2.24) is 4.98 Å². The van der Waals surface area contributed by atoms with Crippen LogP contribution in [-0.2, 0) is 6.42 Å². The molecule has 47 heavy (non-hydrogen) atoms. The van der Waals surface area contributed by atoms with Gasteiger partial charge in [0.15, 0.2) is 0 Å². The standard InChI is InChI=1S/C36H38B9NO/c1-5-6-7-17-18-9-8-15(4)22(20-12-16(14(2)3)10-11-46-20)36(18)47-21(17)13-19-23-24(29(39)33(43)32(42)28(23)38)25-26(27(19)37)31(41)35(45)34(44)30(25)40/h1,6-12,14H,13,37-45H2,2-4H3/b7-6-. The highest BCUT2D eigenvalue weighted by Crippen LogP contribution is 2.38. The first-order valence-corrected chi connectivity index (χ1v) is 16.8. The van der Waals surface area contributed by atoms with E-state index in [2.05, 4.69) is 122 Å². The fraction of sp³-hybridized carbons (Fsp3) is 0.139. The van der Waals surface area contributed by atoms with Crippen LogP contribution in [0, 0.1) is 19.3 Å². The van der Waals surface area contributed by atoms with Gasteiger partial charge in [0.25, 0.3) is 0 Å². The smallest absolute Gasteiger partial charge is 0.144 e. The van der Waals surface area contributed by atoms with Gasteiger partial charge in [0.05, 0.1) is 5.69 Å². The number of terminal acetylenes is 1. The van der Waals surface area contributed by atoms with Crippen molar-refractivity contribution in [3.8, 4) is 23.6 Å². The number of aryl methyl sites for hydroxylation is 1. The summed E-state index contributed by atoms with van der Waals surface area (Å²) >= 11 is 0. The molecule has 0 N–H and O–H groups in total. The van der Waals surface area contributed by atoms with Crippen LogP contribution >= 0.6 is 0 Å². The van der Waals surface area contributed by atoms with E-state index in [-0.39, 0.29) is 0 Å². The van der Waals surface area contributed by atoms with Crippen molar-refractivity contribution >= 4 is 158 Å². The molecular formula is C36H38B9NO. The average Bonchev–Trinajstić information content (AvgIpc) is 3.40. The minimum atomic E-state index is 0.403. The van der Waals surface area contributed by atoms with Gasteiger partial charge in [-0.25, -0.2) is 0 Å². The lowest BCUT2D eigenvalue weighted by molar-refractivity contribution is 0.563. The van der Waals surface area contributed by atoms with E-state index in [0.717, 1.165) is 39.1 Å². The molecule has 0 bridgehead atoms. The van der Waals surface area contributed by atoms with Gasteiger partial charge in [0.1, 0.15) is 82.0 Å². The predicted octanol–water partition coefficient (Wildman–Crippen LogP) is -6.20. The van der Waals surface area contributed by atoms with E-state index in [1.807, 2.05) is 12.3 Å². The Morgan fingerprint density at radius 3 is 1.94 bits per heavy atom. The summed E-state index contributed by atoms with van der Waals surface area (Å²) < 4.78 is 7.04. The molecule has 6 aromatic rings. The van der Waals surface area contributed by atoms with E-state index in [0.29, 0.717) is 12.3 Å². The zero-order valence-electron chi connectivity index (χ0n) is 30.3. The third kappa shape index (κ3) is 5.07. The van der Waals surface area contributed by atoms with Crippen molar-refractivity contribution in [3.63, 3.8) is 0 Å². The van der Waals surface area contributed by atoms with E-state index >= 15 is 0 Å². The number of pyridine rings is 1. The van der Waals surface area contributed by atoms with Crippen molar-refractivity contribution in [2.45, 2.75) is 33.1 Å². The molecule has 0 aliphatic heterocycles. The average molecular weight is 598 g/mol. The first kappa shape index (κ1) is 32.9. The molecule has 4 aromatic carbocycles. The maximum Gasteiger partial charge on any atom is 0.144 e. The van der Waals surface area contributed by atoms with Crippen LogP contribution in [0.2, 0.25) is 0 Å². The molecule has 0 radical (unpaired) electrons. The minimum absolute atomic E-state index is 0.403. The maximum absolute atomic E-state index is 7.04. The molecule has 0 aliphatic rings. The monoisotopic (exact) mass is 599 g/mol. The largest absolute Gasteiger partial charge is 0.459 e. The number of allylic oxidation sites excluding steroid dienone is 1. The minimum Gasteiger partial charge on any atom is -0.459 e. The number of fused-ring (bicyclic) bond motifs is 4. The van der Waals surface area contributed by atoms with Crippen LogP contribution in [0.4, 0.5) is 0 Å². The third-order valence-electron chi connectivity index (χ3n) is 11.3. The summed E-state index contributed by atoms with van der Waals surface area (Å²) in [4.78, 5) is 4.84. The van der Waals surface area contributed by atoms with Crippen molar-refractivity contribution in [2.75, 3.05) is 0 Å². The quantitative estimate of drug-likeness (QED) is 0.112. The van der Waals surface area contributed by atoms with Crippen LogP contribution in [-0.4, -0.2) is 75.6 Å². The molecule has 0 fully saturated rings. The highest BCUT2D eigenvalue weighted by atomic mass is 16.3. The molecule has 0 saturated heterocycles. The Labute approximate surface area is 288 Å². The molecule has 2 heterocycles. The van der Waals surface area contributed by atoms with Crippen molar-refractivity contribution in [2.24, 2.45) is 0 Å². The number of hydrogen-bond acceptors (Lipinski definition) is 2. The summed E-state index contributed by atoms with van der Waals surface area (Å²) in [6.45, 7) is 6.58. The van der Waals surface area contributed by atoms with Gasteiger partial charge in [-0.05, 0) is 75.4 Å². The molecule has 0 unspecified atom stereocenters. The van der Waals surface area contributed by atoms with Gasteiger partial charge in [-0.15, -0.1) is 28.3 Å². The third-order valence-corrected chi connectivity index (χ3v) is 11.3. The van der Waals surface area contributed by atoms with Gasteiger partial charge in [0, 0.05) is 29.1 Å². The van der Waals surface area contributed by atoms with Crippen LogP contribution in [0.5, 0.6) is 0 Å². The number of nitrogens with zero attached hydrogens (tertiary/aromatic N) is 1.